The number of aryl methyl sites for hydroxylation is 2. The molecule has 3 aromatic carbocycles. The first-order valence-electron chi connectivity index (χ1n) is 12.3. The number of hydrogen-bond donors (Lipinski definition) is 0. The fraction of sp³-hybridized carbons (Fsp3) is 0.233. The normalized spacial score (nSPS) is 13.6. The first kappa shape index (κ1) is 24.2. The minimum absolute atomic E-state index is 0.0692. The third-order valence-corrected chi connectivity index (χ3v) is 7.12. The summed E-state index contributed by atoms with van der Waals surface area (Å²) in [5.41, 5.74) is 6.35. The average molecular weight is 541 g/mol. The molecule has 1 aliphatic heterocycles. The van der Waals surface area contributed by atoms with Crippen LogP contribution in [0.3, 0.4) is 0 Å². The molecular weight excluding hydrogens is 512 g/mol. The molecule has 1 aromatic heterocycles. The van der Waals surface area contributed by atoms with Crippen molar-refractivity contribution in [3.05, 3.63) is 111 Å². The Morgan fingerprint density at radius 1 is 0.861 bits per heavy atom. The van der Waals surface area contributed by atoms with Gasteiger partial charge in [0.1, 0.15) is 5.82 Å². The molecule has 2 heterocycles. The minimum Gasteiger partial charge on any atom is -0.353 e. The van der Waals surface area contributed by atoms with Crippen molar-refractivity contribution in [3.8, 4) is 11.4 Å². The zero-order valence-electron chi connectivity index (χ0n) is 20.6. The molecule has 0 spiro atoms. The number of halogens is 1. The van der Waals surface area contributed by atoms with Crippen molar-refractivity contribution in [1.82, 2.24) is 14.9 Å². The van der Waals surface area contributed by atoms with E-state index >= 15 is 0 Å². The first-order valence-corrected chi connectivity index (χ1v) is 13.1. The fourth-order valence-electron chi connectivity index (χ4n) is 4.72. The zero-order chi connectivity index (χ0) is 25.1. The number of benzene rings is 3. The van der Waals surface area contributed by atoms with Gasteiger partial charge in [-0.2, -0.15) is 0 Å². The number of carbonyl (C=O) groups excluding carboxylic acids is 1. The minimum atomic E-state index is 0.0692. The van der Waals surface area contributed by atoms with Crippen LogP contribution in [0.1, 0.15) is 32.7 Å². The van der Waals surface area contributed by atoms with Gasteiger partial charge in [-0.1, -0.05) is 82.2 Å². The molecule has 0 aliphatic carbocycles. The lowest BCUT2D eigenvalue weighted by atomic mass is 10.0. The lowest BCUT2D eigenvalue weighted by Gasteiger charge is -2.36. The highest BCUT2D eigenvalue weighted by atomic mass is 79.9. The lowest BCUT2D eigenvalue weighted by molar-refractivity contribution is 0.0746. The van der Waals surface area contributed by atoms with Crippen molar-refractivity contribution in [2.75, 3.05) is 31.1 Å². The van der Waals surface area contributed by atoms with Crippen molar-refractivity contribution in [3.63, 3.8) is 0 Å². The highest BCUT2D eigenvalue weighted by Crippen LogP contribution is 2.29. The van der Waals surface area contributed by atoms with Gasteiger partial charge >= 0.3 is 0 Å². The van der Waals surface area contributed by atoms with Gasteiger partial charge in [0.25, 0.3) is 5.91 Å². The fourth-order valence-corrected chi connectivity index (χ4v) is 5.12. The van der Waals surface area contributed by atoms with E-state index < -0.39 is 0 Å². The number of piperazine rings is 1. The number of amides is 1. The van der Waals surface area contributed by atoms with E-state index in [9.17, 15) is 4.79 Å². The monoisotopic (exact) mass is 540 g/mol. The molecule has 0 saturated carbocycles. The van der Waals surface area contributed by atoms with Gasteiger partial charge in [0.2, 0.25) is 0 Å². The summed E-state index contributed by atoms with van der Waals surface area (Å²) in [5.74, 6) is 1.78. The van der Waals surface area contributed by atoms with Crippen LogP contribution >= 0.6 is 15.9 Å². The number of rotatable bonds is 5. The Morgan fingerprint density at radius 3 is 2.33 bits per heavy atom. The summed E-state index contributed by atoms with van der Waals surface area (Å²) in [6, 6.07) is 26.3. The summed E-state index contributed by atoms with van der Waals surface area (Å²) < 4.78 is 0.915. The predicted octanol–water partition coefficient (Wildman–Crippen LogP) is 6.08. The number of carbonyl (C=O) groups is 1. The summed E-state index contributed by atoms with van der Waals surface area (Å²) in [4.78, 5) is 27.3. The van der Waals surface area contributed by atoms with E-state index in [2.05, 4.69) is 58.9 Å². The molecule has 0 N–H and O–H groups in total. The molecular formula is C30H29BrN4O. The third kappa shape index (κ3) is 5.34. The molecule has 1 fully saturated rings. The van der Waals surface area contributed by atoms with Crippen LogP contribution in [0.4, 0.5) is 5.82 Å². The van der Waals surface area contributed by atoms with Crippen molar-refractivity contribution in [2.24, 2.45) is 0 Å². The topological polar surface area (TPSA) is 49.3 Å². The SMILES string of the molecule is Cc1cccc(Cc2c(C)nc(-c3ccccc3)nc2N2CCN(C(=O)c3cccc(Br)c3)CC2)c1. The van der Waals surface area contributed by atoms with Crippen LogP contribution in [0.15, 0.2) is 83.3 Å². The van der Waals surface area contributed by atoms with E-state index in [0.29, 0.717) is 18.7 Å². The summed E-state index contributed by atoms with van der Waals surface area (Å²) in [5, 5.41) is 0. The Hall–Kier alpha value is -3.51. The van der Waals surface area contributed by atoms with E-state index in [1.165, 1.54) is 11.1 Å². The quantitative estimate of drug-likeness (QED) is 0.308. The van der Waals surface area contributed by atoms with Gasteiger partial charge in [-0.15, -0.1) is 0 Å². The van der Waals surface area contributed by atoms with Crippen LogP contribution in [0.2, 0.25) is 0 Å². The molecule has 1 amide bonds. The van der Waals surface area contributed by atoms with E-state index in [4.69, 9.17) is 9.97 Å². The highest BCUT2D eigenvalue weighted by Gasteiger charge is 2.26. The van der Waals surface area contributed by atoms with Crippen molar-refractivity contribution in [2.45, 2.75) is 20.3 Å². The van der Waals surface area contributed by atoms with E-state index in [-0.39, 0.29) is 5.91 Å². The van der Waals surface area contributed by atoms with Crippen LogP contribution in [0, 0.1) is 13.8 Å². The first-order chi connectivity index (χ1) is 17.5. The molecule has 0 unspecified atom stereocenters. The summed E-state index contributed by atoms with van der Waals surface area (Å²) in [6.07, 6.45) is 0.773. The van der Waals surface area contributed by atoms with Gasteiger partial charge in [0.15, 0.2) is 5.82 Å². The van der Waals surface area contributed by atoms with Gasteiger partial charge < -0.3 is 9.80 Å². The molecule has 6 heteroatoms. The van der Waals surface area contributed by atoms with Crippen molar-refractivity contribution in [1.29, 1.82) is 0 Å². The number of anilines is 1. The average Bonchev–Trinajstić information content (AvgIpc) is 2.90. The standard InChI is InChI=1S/C30H29BrN4O/c1-21-8-6-9-23(18-21)19-27-22(2)32-28(24-10-4-3-5-11-24)33-29(27)34-14-16-35(17-15-34)30(36)25-12-7-13-26(31)20-25/h3-13,18,20H,14-17,19H2,1-2H3. The molecule has 5 nitrogen and oxygen atoms in total. The molecule has 0 bridgehead atoms. The maximum atomic E-state index is 13.1. The van der Waals surface area contributed by atoms with E-state index in [0.717, 1.165) is 52.4 Å². The Bertz CT molecular complexity index is 1380. The second-order valence-electron chi connectivity index (χ2n) is 9.26. The number of nitrogens with zero attached hydrogens (tertiary/aromatic N) is 4. The Kier molecular flexibility index (Phi) is 7.14. The van der Waals surface area contributed by atoms with Crippen LogP contribution in [-0.2, 0) is 6.42 Å². The smallest absolute Gasteiger partial charge is 0.254 e. The molecule has 36 heavy (non-hydrogen) atoms. The van der Waals surface area contributed by atoms with Gasteiger partial charge in [-0.25, -0.2) is 9.97 Å². The Labute approximate surface area is 221 Å². The summed E-state index contributed by atoms with van der Waals surface area (Å²) >= 11 is 3.47. The van der Waals surface area contributed by atoms with Crippen LogP contribution in [0.5, 0.6) is 0 Å². The second-order valence-corrected chi connectivity index (χ2v) is 10.2. The second kappa shape index (κ2) is 10.6. The van der Waals surface area contributed by atoms with Gasteiger partial charge in [-0.05, 0) is 37.6 Å². The van der Waals surface area contributed by atoms with Crippen molar-refractivity contribution >= 4 is 27.7 Å². The van der Waals surface area contributed by atoms with Gasteiger partial charge in [0, 0.05) is 59.5 Å². The van der Waals surface area contributed by atoms with E-state index in [1.54, 1.807) is 0 Å². The maximum Gasteiger partial charge on any atom is 0.254 e. The lowest BCUT2D eigenvalue weighted by Crippen LogP contribution is -2.49. The number of aromatic nitrogens is 2. The Morgan fingerprint density at radius 2 is 1.61 bits per heavy atom. The molecule has 4 aromatic rings. The summed E-state index contributed by atoms with van der Waals surface area (Å²) in [6.45, 7) is 6.96. The number of hydrogen-bond acceptors (Lipinski definition) is 4. The molecule has 5 rings (SSSR count). The molecule has 1 saturated heterocycles. The van der Waals surface area contributed by atoms with Crippen molar-refractivity contribution < 1.29 is 4.79 Å². The molecule has 0 atom stereocenters. The maximum absolute atomic E-state index is 13.1. The zero-order valence-corrected chi connectivity index (χ0v) is 22.2. The van der Waals surface area contributed by atoms with Crippen LogP contribution in [0.25, 0.3) is 11.4 Å². The van der Waals surface area contributed by atoms with Gasteiger partial charge in [0.05, 0.1) is 0 Å². The molecule has 182 valence electrons. The third-order valence-electron chi connectivity index (χ3n) is 6.63. The highest BCUT2D eigenvalue weighted by molar-refractivity contribution is 9.10. The summed E-state index contributed by atoms with van der Waals surface area (Å²) in [7, 11) is 0. The van der Waals surface area contributed by atoms with Crippen LogP contribution < -0.4 is 4.90 Å². The van der Waals surface area contributed by atoms with Gasteiger partial charge in [-0.3, -0.25) is 4.79 Å². The van der Waals surface area contributed by atoms with Crippen LogP contribution in [-0.4, -0.2) is 47.0 Å². The van der Waals surface area contributed by atoms with E-state index in [1.807, 2.05) is 59.5 Å². The predicted molar refractivity (Wildman–Crippen MR) is 148 cm³/mol. The molecule has 0 radical (unpaired) electrons. The molecule has 1 aliphatic rings. The largest absolute Gasteiger partial charge is 0.353 e. The Balaban J connectivity index is 1.44.